The number of carbonyl (C=O) groups is 1. The molecule has 0 radical (unpaired) electrons. The molecule has 2 saturated heterocycles. The third-order valence-corrected chi connectivity index (χ3v) is 5.18. The Morgan fingerprint density at radius 3 is 2.76 bits per heavy atom. The maximum absolute atomic E-state index is 12.7. The van der Waals surface area contributed by atoms with Crippen molar-refractivity contribution in [3.8, 4) is 0 Å². The number of rotatable bonds is 3. The van der Waals surface area contributed by atoms with Gasteiger partial charge in [0.05, 0.1) is 6.04 Å². The molecule has 5 heteroatoms. The van der Waals surface area contributed by atoms with Gasteiger partial charge in [0.25, 0.3) is 0 Å². The van der Waals surface area contributed by atoms with Crippen molar-refractivity contribution in [2.45, 2.75) is 25.4 Å². The van der Waals surface area contributed by atoms with Crippen molar-refractivity contribution in [2.75, 3.05) is 32.7 Å². The SMILES string of the molecule is O=C(C1CCCN1Cc1ccccc1Br)N1CCNCC1. The molecule has 1 unspecified atom stereocenters. The summed E-state index contributed by atoms with van der Waals surface area (Å²) in [6.07, 6.45) is 2.11. The summed E-state index contributed by atoms with van der Waals surface area (Å²) in [5, 5.41) is 3.30. The predicted octanol–water partition coefficient (Wildman–Crippen LogP) is 1.85. The van der Waals surface area contributed by atoms with Crippen molar-refractivity contribution in [3.63, 3.8) is 0 Å². The van der Waals surface area contributed by atoms with Gasteiger partial charge in [-0.1, -0.05) is 34.1 Å². The molecule has 0 aliphatic carbocycles. The zero-order valence-corrected chi connectivity index (χ0v) is 13.8. The van der Waals surface area contributed by atoms with Gasteiger partial charge in [-0.15, -0.1) is 0 Å². The molecule has 3 rings (SSSR count). The molecule has 2 heterocycles. The summed E-state index contributed by atoms with van der Waals surface area (Å²) in [6, 6.07) is 8.35. The van der Waals surface area contributed by atoms with Crippen LogP contribution in [0.5, 0.6) is 0 Å². The summed E-state index contributed by atoms with van der Waals surface area (Å²) >= 11 is 3.61. The average molecular weight is 352 g/mol. The van der Waals surface area contributed by atoms with Crippen molar-refractivity contribution in [2.24, 2.45) is 0 Å². The van der Waals surface area contributed by atoms with E-state index in [-0.39, 0.29) is 6.04 Å². The van der Waals surface area contributed by atoms with Crippen molar-refractivity contribution >= 4 is 21.8 Å². The van der Waals surface area contributed by atoms with E-state index in [4.69, 9.17) is 0 Å². The van der Waals surface area contributed by atoms with Gasteiger partial charge in [0.2, 0.25) is 5.91 Å². The average Bonchev–Trinajstić information content (AvgIpc) is 2.98. The molecule has 2 fully saturated rings. The summed E-state index contributed by atoms with van der Waals surface area (Å²) in [4.78, 5) is 17.1. The Labute approximate surface area is 134 Å². The van der Waals surface area contributed by atoms with Gasteiger partial charge in [0, 0.05) is 37.2 Å². The van der Waals surface area contributed by atoms with Crippen molar-refractivity contribution in [1.82, 2.24) is 15.1 Å². The van der Waals surface area contributed by atoms with Crippen LogP contribution in [0, 0.1) is 0 Å². The number of hydrogen-bond acceptors (Lipinski definition) is 3. The molecule has 0 aromatic heterocycles. The van der Waals surface area contributed by atoms with Gasteiger partial charge in [0.15, 0.2) is 0 Å². The topological polar surface area (TPSA) is 35.6 Å². The molecule has 114 valence electrons. The maximum Gasteiger partial charge on any atom is 0.240 e. The molecule has 1 N–H and O–H groups in total. The van der Waals surface area contributed by atoms with Crippen LogP contribution < -0.4 is 5.32 Å². The lowest BCUT2D eigenvalue weighted by Crippen LogP contribution is -2.52. The van der Waals surface area contributed by atoms with Gasteiger partial charge in [-0.3, -0.25) is 9.69 Å². The number of carbonyl (C=O) groups excluding carboxylic acids is 1. The fourth-order valence-electron chi connectivity index (χ4n) is 3.24. The van der Waals surface area contributed by atoms with Crippen LogP contribution in [0.25, 0.3) is 0 Å². The summed E-state index contributed by atoms with van der Waals surface area (Å²) in [5.41, 5.74) is 1.26. The van der Waals surface area contributed by atoms with Crippen molar-refractivity contribution in [1.29, 1.82) is 0 Å². The van der Waals surface area contributed by atoms with E-state index < -0.39 is 0 Å². The molecule has 2 aliphatic heterocycles. The summed E-state index contributed by atoms with van der Waals surface area (Å²) in [6.45, 7) is 5.40. The standard InChI is InChI=1S/C16H22BrN3O/c17-14-5-2-1-4-13(14)12-20-9-3-6-15(20)16(21)19-10-7-18-8-11-19/h1-2,4-5,15,18H,3,6-12H2. The maximum atomic E-state index is 12.7. The van der Waals surface area contributed by atoms with Crippen LogP contribution >= 0.6 is 15.9 Å². The molecule has 0 saturated carbocycles. The normalized spacial score (nSPS) is 23.5. The van der Waals surface area contributed by atoms with E-state index in [1.165, 1.54) is 5.56 Å². The lowest BCUT2D eigenvalue weighted by Gasteiger charge is -2.33. The van der Waals surface area contributed by atoms with Gasteiger partial charge in [-0.05, 0) is 31.0 Å². The lowest BCUT2D eigenvalue weighted by atomic mass is 10.1. The van der Waals surface area contributed by atoms with Gasteiger partial charge in [-0.2, -0.15) is 0 Å². The third kappa shape index (κ3) is 3.47. The lowest BCUT2D eigenvalue weighted by molar-refractivity contribution is -0.136. The quantitative estimate of drug-likeness (QED) is 0.902. The number of amides is 1. The van der Waals surface area contributed by atoms with E-state index in [1.54, 1.807) is 0 Å². The van der Waals surface area contributed by atoms with Crippen LogP contribution in [0.1, 0.15) is 18.4 Å². The smallest absolute Gasteiger partial charge is 0.240 e. The Morgan fingerprint density at radius 2 is 2.00 bits per heavy atom. The highest BCUT2D eigenvalue weighted by molar-refractivity contribution is 9.10. The van der Waals surface area contributed by atoms with Crippen LogP contribution in [-0.4, -0.2) is 54.5 Å². The Hall–Kier alpha value is -0.910. The number of piperazine rings is 1. The highest BCUT2D eigenvalue weighted by Crippen LogP contribution is 2.25. The fourth-order valence-corrected chi connectivity index (χ4v) is 3.65. The number of nitrogens with one attached hydrogen (secondary N) is 1. The minimum Gasteiger partial charge on any atom is -0.339 e. The highest BCUT2D eigenvalue weighted by atomic mass is 79.9. The Morgan fingerprint density at radius 1 is 1.24 bits per heavy atom. The summed E-state index contributed by atoms with van der Waals surface area (Å²) in [7, 11) is 0. The Kier molecular flexibility index (Phi) is 4.93. The highest BCUT2D eigenvalue weighted by Gasteiger charge is 2.34. The molecule has 1 aromatic rings. The second-order valence-electron chi connectivity index (χ2n) is 5.80. The molecule has 1 amide bonds. The first-order valence-electron chi connectivity index (χ1n) is 7.72. The fraction of sp³-hybridized carbons (Fsp3) is 0.562. The summed E-state index contributed by atoms with van der Waals surface area (Å²) < 4.78 is 1.13. The van der Waals surface area contributed by atoms with E-state index in [0.717, 1.165) is 56.6 Å². The molecule has 4 nitrogen and oxygen atoms in total. The van der Waals surface area contributed by atoms with Gasteiger partial charge in [-0.25, -0.2) is 0 Å². The predicted molar refractivity (Wildman–Crippen MR) is 87.0 cm³/mol. The first-order valence-corrected chi connectivity index (χ1v) is 8.52. The number of likely N-dealkylation sites (tertiary alicyclic amines) is 1. The number of benzene rings is 1. The van der Waals surface area contributed by atoms with Crippen LogP contribution in [0.2, 0.25) is 0 Å². The van der Waals surface area contributed by atoms with E-state index >= 15 is 0 Å². The van der Waals surface area contributed by atoms with Crippen molar-refractivity contribution < 1.29 is 4.79 Å². The molecule has 0 bridgehead atoms. The second-order valence-corrected chi connectivity index (χ2v) is 6.65. The van der Waals surface area contributed by atoms with Crippen molar-refractivity contribution in [3.05, 3.63) is 34.3 Å². The molecule has 2 aliphatic rings. The molecule has 1 aromatic carbocycles. The Balaban J connectivity index is 1.67. The largest absolute Gasteiger partial charge is 0.339 e. The van der Waals surface area contributed by atoms with E-state index in [0.29, 0.717) is 5.91 Å². The minimum absolute atomic E-state index is 0.0650. The summed E-state index contributed by atoms with van der Waals surface area (Å²) in [5.74, 6) is 0.320. The number of halogens is 1. The van der Waals surface area contributed by atoms with Crippen LogP contribution in [0.4, 0.5) is 0 Å². The van der Waals surface area contributed by atoms with Crippen LogP contribution in [0.3, 0.4) is 0 Å². The number of hydrogen-bond donors (Lipinski definition) is 1. The monoisotopic (exact) mass is 351 g/mol. The van der Waals surface area contributed by atoms with E-state index in [2.05, 4.69) is 44.3 Å². The Bertz CT molecular complexity index is 502. The van der Waals surface area contributed by atoms with Gasteiger partial charge < -0.3 is 10.2 Å². The second kappa shape index (κ2) is 6.90. The third-order valence-electron chi connectivity index (χ3n) is 4.41. The number of nitrogens with zero attached hydrogens (tertiary/aromatic N) is 2. The van der Waals surface area contributed by atoms with Crippen LogP contribution in [-0.2, 0) is 11.3 Å². The van der Waals surface area contributed by atoms with Gasteiger partial charge >= 0.3 is 0 Å². The molecule has 21 heavy (non-hydrogen) atoms. The first-order chi connectivity index (χ1) is 10.3. The minimum atomic E-state index is 0.0650. The molecular weight excluding hydrogens is 330 g/mol. The molecule has 0 spiro atoms. The van der Waals surface area contributed by atoms with Crippen LogP contribution in [0.15, 0.2) is 28.7 Å². The molecule has 1 atom stereocenters. The van der Waals surface area contributed by atoms with E-state index in [9.17, 15) is 4.79 Å². The molecular formula is C16H22BrN3O. The first kappa shape index (κ1) is 15.0. The zero-order chi connectivity index (χ0) is 14.7. The zero-order valence-electron chi connectivity index (χ0n) is 12.2. The van der Waals surface area contributed by atoms with E-state index in [1.807, 2.05) is 11.0 Å². The van der Waals surface area contributed by atoms with Gasteiger partial charge in [0.1, 0.15) is 0 Å².